The van der Waals surface area contributed by atoms with Gasteiger partial charge in [-0.15, -0.1) is 0 Å². The molecular formula is C14H14N2O2. The first-order chi connectivity index (χ1) is 8.66. The molecule has 0 fully saturated rings. The minimum absolute atomic E-state index is 0.246. The van der Waals surface area contributed by atoms with Crippen molar-refractivity contribution in [1.82, 2.24) is 5.43 Å². The summed E-state index contributed by atoms with van der Waals surface area (Å²) in [6, 6.07) is 11.2. The number of hydrazone groups is 1. The molecule has 0 unspecified atom stereocenters. The normalized spacial score (nSPS) is 11.3. The van der Waals surface area contributed by atoms with Gasteiger partial charge in [0, 0.05) is 0 Å². The number of furan rings is 1. The molecular weight excluding hydrogens is 228 g/mol. The van der Waals surface area contributed by atoms with E-state index in [4.69, 9.17) is 4.42 Å². The maximum absolute atomic E-state index is 11.6. The summed E-state index contributed by atoms with van der Waals surface area (Å²) in [5.41, 5.74) is 5.34. The minimum atomic E-state index is -0.355. The van der Waals surface area contributed by atoms with Crippen LogP contribution in [0.4, 0.5) is 0 Å². The lowest BCUT2D eigenvalue weighted by molar-refractivity contribution is 0.0927. The van der Waals surface area contributed by atoms with Gasteiger partial charge in [0.05, 0.1) is 12.0 Å². The smallest absolute Gasteiger partial charge is 0.307 e. The molecule has 2 rings (SSSR count). The first-order valence-electron chi connectivity index (χ1n) is 5.62. The summed E-state index contributed by atoms with van der Waals surface area (Å²) in [4.78, 5) is 11.6. The fourth-order valence-corrected chi connectivity index (χ4v) is 1.53. The number of nitrogens with one attached hydrogen (secondary N) is 1. The lowest BCUT2D eigenvalue weighted by Crippen LogP contribution is -2.18. The summed E-state index contributed by atoms with van der Waals surface area (Å²) in [7, 11) is 0. The third-order valence-electron chi connectivity index (χ3n) is 2.51. The number of rotatable bonds is 3. The molecule has 0 spiro atoms. The van der Waals surface area contributed by atoms with Crippen LogP contribution in [0.15, 0.2) is 52.2 Å². The van der Waals surface area contributed by atoms with Crippen LogP contribution < -0.4 is 5.43 Å². The first kappa shape index (κ1) is 12.1. The Bertz CT molecular complexity index is 571. The average Bonchev–Trinajstić information content (AvgIpc) is 2.89. The van der Waals surface area contributed by atoms with Crippen LogP contribution in [0.25, 0.3) is 0 Å². The molecule has 1 aromatic heterocycles. The van der Waals surface area contributed by atoms with Crippen molar-refractivity contribution in [2.45, 2.75) is 13.8 Å². The molecule has 4 nitrogen and oxygen atoms in total. The van der Waals surface area contributed by atoms with Crippen molar-refractivity contribution in [1.29, 1.82) is 0 Å². The molecule has 0 bridgehead atoms. The van der Waals surface area contributed by atoms with Crippen molar-refractivity contribution in [3.05, 3.63) is 59.5 Å². The highest BCUT2D eigenvalue weighted by atomic mass is 16.3. The molecule has 0 aliphatic heterocycles. The Labute approximate surface area is 105 Å². The van der Waals surface area contributed by atoms with Gasteiger partial charge in [-0.05, 0) is 31.5 Å². The number of hydrogen-bond donors (Lipinski definition) is 1. The fourth-order valence-electron chi connectivity index (χ4n) is 1.53. The molecule has 4 heteroatoms. The first-order valence-corrected chi connectivity index (χ1v) is 5.62. The second-order valence-corrected chi connectivity index (χ2v) is 3.98. The molecule has 0 saturated carbocycles. The summed E-state index contributed by atoms with van der Waals surface area (Å²) >= 11 is 0. The van der Waals surface area contributed by atoms with Crippen LogP contribution in [-0.2, 0) is 0 Å². The Hall–Kier alpha value is -2.36. The van der Waals surface area contributed by atoms with Crippen LogP contribution in [0.1, 0.15) is 28.6 Å². The van der Waals surface area contributed by atoms with Crippen LogP contribution in [0.2, 0.25) is 0 Å². The number of hydrogen-bond acceptors (Lipinski definition) is 3. The Kier molecular flexibility index (Phi) is 3.57. The van der Waals surface area contributed by atoms with Crippen molar-refractivity contribution < 1.29 is 9.21 Å². The summed E-state index contributed by atoms with van der Waals surface area (Å²) < 4.78 is 4.97. The number of aryl methyl sites for hydroxylation is 1. The lowest BCUT2D eigenvalue weighted by Gasteiger charge is -2.02. The van der Waals surface area contributed by atoms with Crippen LogP contribution >= 0.6 is 0 Å². The highest BCUT2D eigenvalue weighted by molar-refractivity contribution is 6.00. The van der Waals surface area contributed by atoms with E-state index in [1.54, 1.807) is 12.1 Å². The Morgan fingerprint density at radius 2 is 2.11 bits per heavy atom. The van der Waals surface area contributed by atoms with E-state index in [-0.39, 0.29) is 11.7 Å². The molecule has 0 aliphatic rings. The van der Waals surface area contributed by atoms with Crippen molar-refractivity contribution >= 4 is 11.6 Å². The molecule has 0 atom stereocenters. The Morgan fingerprint density at radius 1 is 1.28 bits per heavy atom. The lowest BCUT2D eigenvalue weighted by atomic mass is 10.1. The van der Waals surface area contributed by atoms with Crippen LogP contribution in [0.3, 0.4) is 0 Å². The van der Waals surface area contributed by atoms with Crippen molar-refractivity contribution in [3.63, 3.8) is 0 Å². The van der Waals surface area contributed by atoms with Crippen molar-refractivity contribution in [3.8, 4) is 0 Å². The second kappa shape index (κ2) is 5.31. The SMILES string of the molecule is C/C(=N/NC(=O)c1ccco1)c1cccc(C)c1. The van der Waals surface area contributed by atoms with E-state index in [9.17, 15) is 4.79 Å². The van der Waals surface area contributed by atoms with Gasteiger partial charge in [0.1, 0.15) is 0 Å². The number of carbonyl (C=O) groups excluding carboxylic acids is 1. The molecule has 0 saturated heterocycles. The Balaban J connectivity index is 2.08. The molecule has 1 heterocycles. The van der Waals surface area contributed by atoms with E-state index in [2.05, 4.69) is 10.5 Å². The quantitative estimate of drug-likeness (QED) is 0.664. The standard InChI is InChI=1S/C14H14N2O2/c1-10-5-3-6-12(9-10)11(2)15-16-14(17)13-7-4-8-18-13/h3-9H,1-2H3,(H,16,17)/b15-11-. The Morgan fingerprint density at radius 3 is 2.78 bits per heavy atom. The molecule has 0 radical (unpaired) electrons. The van der Waals surface area contributed by atoms with Gasteiger partial charge in [0.25, 0.3) is 0 Å². The van der Waals surface area contributed by atoms with Gasteiger partial charge in [-0.3, -0.25) is 4.79 Å². The predicted octanol–water partition coefficient (Wildman–Crippen LogP) is 2.74. The highest BCUT2D eigenvalue weighted by Gasteiger charge is 2.07. The third kappa shape index (κ3) is 2.85. The molecule has 0 aliphatic carbocycles. The molecule has 18 heavy (non-hydrogen) atoms. The van der Waals surface area contributed by atoms with E-state index in [0.29, 0.717) is 0 Å². The van der Waals surface area contributed by atoms with E-state index in [1.807, 2.05) is 38.1 Å². The van der Waals surface area contributed by atoms with Crippen molar-refractivity contribution in [2.75, 3.05) is 0 Å². The third-order valence-corrected chi connectivity index (χ3v) is 2.51. The van der Waals surface area contributed by atoms with Crippen LogP contribution in [0, 0.1) is 6.92 Å². The van der Waals surface area contributed by atoms with E-state index in [1.165, 1.54) is 6.26 Å². The number of benzene rings is 1. The number of nitrogens with zero attached hydrogens (tertiary/aromatic N) is 1. The highest BCUT2D eigenvalue weighted by Crippen LogP contribution is 2.05. The largest absolute Gasteiger partial charge is 0.459 e. The van der Waals surface area contributed by atoms with Crippen LogP contribution in [0.5, 0.6) is 0 Å². The van der Waals surface area contributed by atoms with E-state index < -0.39 is 0 Å². The van der Waals surface area contributed by atoms with Gasteiger partial charge < -0.3 is 4.42 Å². The monoisotopic (exact) mass is 242 g/mol. The molecule has 1 aromatic carbocycles. The number of carbonyl (C=O) groups is 1. The zero-order valence-corrected chi connectivity index (χ0v) is 10.3. The average molecular weight is 242 g/mol. The van der Waals surface area contributed by atoms with Gasteiger partial charge in [-0.2, -0.15) is 5.10 Å². The molecule has 1 amide bonds. The zero-order chi connectivity index (χ0) is 13.0. The maximum Gasteiger partial charge on any atom is 0.307 e. The zero-order valence-electron chi connectivity index (χ0n) is 10.3. The van der Waals surface area contributed by atoms with Crippen LogP contribution in [-0.4, -0.2) is 11.6 Å². The van der Waals surface area contributed by atoms with E-state index >= 15 is 0 Å². The molecule has 1 N–H and O–H groups in total. The molecule has 92 valence electrons. The summed E-state index contributed by atoms with van der Waals surface area (Å²) in [6.07, 6.45) is 1.45. The summed E-state index contributed by atoms with van der Waals surface area (Å²) in [6.45, 7) is 3.86. The summed E-state index contributed by atoms with van der Waals surface area (Å²) in [5.74, 6) is -0.109. The van der Waals surface area contributed by atoms with Gasteiger partial charge in [-0.1, -0.05) is 29.8 Å². The molecule has 2 aromatic rings. The van der Waals surface area contributed by atoms with Crippen molar-refractivity contribution in [2.24, 2.45) is 5.10 Å². The predicted molar refractivity (Wildman–Crippen MR) is 69.6 cm³/mol. The maximum atomic E-state index is 11.6. The topological polar surface area (TPSA) is 54.6 Å². The van der Waals surface area contributed by atoms with Gasteiger partial charge >= 0.3 is 5.91 Å². The van der Waals surface area contributed by atoms with Gasteiger partial charge in [0.2, 0.25) is 0 Å². The minimum Gasteiger partial charge on any atom is -0.459 e. The van der Waals surface area contributed by atoms with E-state index in [0.717, 1.165) is 16.8 Å². The number of amides is 1. The van der Waals surface area contributed by atoms with Gasteiger partial charge in [-0.25, -0.2) is 5.43 Å². The van der Waals surface area contributed by atoms with Gasteiger partial charge in [0.15, 0.2) is 5.76 Å². The summed E-state index contributed by atoms with van der Waals surface area (Å²) in [5, 5.41) is 4.05. The fraction of sp³-hybridized carbons (Fsp3) is 0.143. The second-order valence-electron chi connectivity index (χ2n) is 3.98.